The molecule has 6 nitrogen and oxygen atoms in total. The number of sulfonamides is 1. The lowest BCUT2D eigenvalue weighted by Crippen LogP contribution is -2.39. The summed E-state index contributed by atoms with van der Waals surface area (Å²) in [6.45, 7) is 1.50. The summed E-state index contributed by atoms with van der Waals surface area (Å²) in [5, 5.41) is 3.86. The van der Waals surface area contributed by atoms with Gasteiger partial charge >= 0.3 is 0 Å². The van der Waals surface area contributed by atoms with Gasteiger partial charge in [-0.25, -0.2) is 13.8 Å². The first-order valence-electron chi connectivity index (χ1n) is 7.37. The van der Waals surface area contributed by atoms with Crippen molar-refractivity contribution in [2.75, 3.05) is 17.1 Å². The van der Waals surface area contributed by atoms with Crippen molar-refractivity contribution in [3.05, 3.63) is 64.1 Å². The quantitative estimate of drug-likeness (QED) is 0.572. The van der Waals surface area contributed by atoms with Gasteiger partial charge in [0.1, 0.15) is 6.54 Å². The van der Waals surface area contributed by atoms with Crippen LogP contribution in [0.15, 0.2) is 58.1 Å². The second-order valence-corrected chi connectivity index (χ2v) is 8.28. The molecular formula is C17H18BrN3O3S. The van der Waals surface area contributed by atoms with Gasteiger partial charge < -0.3 is 0 Å². The van der Waals surface area contributed by atoms with Crippen LogP contribution in [-0.2, 0) is 14.8 Å². The number of hydrazone groups is 1. The van der Waals surface area contributed by atoms with Crippen LogP contribution in [-0.4, -0.2) is 33.3 Å². The normalized spacial score (nSPS) is 11.5. The minimum absolute atomic E-state index is 0.349. The predicted molar refractivity (Wildman–Crippen MR) is 103 cm³/mol. The van der Waals surface area contributed by atoms with E-state index in [1.165, 1.54) is 6.21 Å². The molecule has 0 saturated carbocycles. The predicted octanol–water partition coefficient (Wildman–Crippen LogP) is 2.67. The number of hydrogen-bond donors (Lipinski definition) is 1. The topological polar surface area (TPSA) is 78.8 Å². The molecule has 1 N–H and O–H groups in total. The molecule has 0 aliphatic heterocycles. The summed E-state index contributed by atoms with van der Waals surface area (Å²) in [4.78, 5) is 12.1. The van der Waals surface area contributed by atoms with Gasteiger partial charge in [0.25, 0.3) is 5.91 Å². The number of nitrogens with zero attached hydrogens (tertiary/aromatic N) is 2. The number of amides is 1. The van der Waals surface area contributed by atoms with Crippen LogP contribution in [0, 0.1) is 6.92 Å². The molecule has 2 aromatic carbocycles. The Kier molecular flexibility index (Phi) is 6.33. The third-order valence-electron chi connectivity index (χ3n) is 3.23. The third-order valence-corrected chi connectivity index (χ3v) is 4.86. The molecule has 0 radical (unpaired) electrons. The molecule has 25 heavy (non-hydrogen) atoms. The van der Waals surface area contributed by atoms with Crippen molar-refractivity contribution in [2.45, 2.75) is 6.92 Å². The monoisotopic (exact) mass is 423 g/mol. The highest BCUT2D eigenvalue weighted by Gasteiger charge is 2.20. The molecule has 0 aliphatic carbocycles. The van der Waals surface area contributed by atoms with Crippen LogP contribution in [0.4, 0.5) is 5.69 Å². The fourth-order valence-corrected chi connectivity index (χ4v) is 3.38. The second-order valence-electron chi connectivity index (χ2n) is 5.46. The van der Waals surface area contributed by atoms with E-state index in [1.54, 1.807) is 18.2 Å². The average Bonchev–Trinajstić information content (AvgIpc) is 2.51. The summed E-state index contributed by atoms with van der Waals surface area (Å²) in [5.74, 6) is -0.529. The van der Waals surface area contributed by atoms with Crippen molar-refractivity contribution in [1.29, 1.82) is 0 Å². The summed E-state index contributed by atoms with van der Waals surface area (Å²) >= 11 is 3.35. The SMILES string of the molecule is Cc1cccc(N(CC(=O)N/N=C/c2cccc(Br)c2)S(C)(=O)=O)c1. The maximum atomic E-state index is 12.1. The Balaban J connectivity index is 2.07. The number of nitrogens with one attached hydrogen (secondary N) is 1. The number of hydrogen-bond acceptors (Lipinski definition) is 4. The standard InChI is InChI=1S/C17H18BrN3O3S/c1-13-5-3-8-16(9-13)21(25(2,23)24)12-17(22)20-19-11-14-6-4-7-15(18)10-14/h3-11H,12H2,1-2H3,(H,20,22)/b19-11+. The van der Waals surface area contributed by atoms with Gasteiger partial charge in [0.05, 0.1) is 18.2 Å². The maximum absolute atomic E-state index is 12.1. The van der Waals surface area contributed by atoms with Crippen LogP contribution in [0.5, 0.6) is 0 Å². The number of benzene rings is 2. The minimum atomic E-state index is -3.60. The Morgan fingerprint density at radius 2 is 1.96 bits per heavy atom. The van der Waals surface area contributed by atoms with Gasteiger partial charge in [-0.2, -0.15) is 5.10 Å². The molecule has 8 heteroatoms. The number of carbonyl (C=O) groups excluding carboxylic acids is 1. The molecule has 2 rings (SSSR count). The van der Waals surface area contributed by atoms with E-state index in [0.29, 0.717) is 5.69 Å². The van der Waals surface area contributed by atoms with E-state index < -0.39 is 15.9 Å². The van der Waals surface area contributed by atoms with Gasteiger partial charge in [0.2, 0.25) is 10.0 Å². The molecule has 1 amide bonds. The molecule has 0 aromatic heterocycles. The van der Waals surface area contributed by atoms with Crippen molar-refractivity contribution in [3.8, 4) is 0 Å². The molecule has 0 aliphatic rings. The van der Waals surface area contributed by atoms with E-state index >= 15 is 0 Å². The highest BCUT2D eigenvalue weighted by atomic mass is 79.9. The average molecular weight is 424 g/mol. The summed E-state index contributed by atoms with van der Waals surface area (Å²) in [5.41, 5.74) is 4.49. The lowest BCUT2D eigenvalue weighted by atomic mass is 10.2. The zero-order valence-electron chi connectivity index (χ0n) is 13.8. The van der Waals surface area contributed by atoms with E-state index in [2.05, 4.69) is 26.5 Å². The Hall–Kier alpha value is -2.19. The molecule has 0 unspecified atom stereocenters. The molecule has 2 aromatic rings. The van der Waals surface area contributed by atoms with Crippen LogP contribution in [0.3, 0.4) is 0 Å². The van der Waals surface area contributed by atoms with Gasteiger partial charge in [-0.1, -0.05) is 40.2 Å². The molecule has 0 fully saturated rings. The van der Waals surface area contributed by atoms with Gasteiger partial charge in [-0.15, -0.1) is 0 Å². The molecule has 0 heterocycles. The maximum Gasteiger partial charge on any atom is 0.260 e. The second kappa shape index (κ2) is 8.26. The van der Waals surface area contributed by atoms with Crippen molar-refractivity contribution in [3.63, 3.8) is 0 Å². The van der Waals surface area contributed by atoms with Crippen LogP contribution >= 0.6 is 15.9 Å². The summed E-state index contributed by atoms with van der Waals surface area (Å²) < 4.78 is 26.0. The number of rotatable bonds is 6. The Morgan fingerprint density at radius 3 is 2.60 bits per heavy atom. The first-order valence-corrected chi connectivity index (χ1v) is 10.0. The smallest absolute Gasteiger partial charge is 0.260 e. The third kappa shape index (κ3) is 5.99. The van der Waals surface area contributed by atoms with Crippen LogP contribution in [0.2, 0.25) is 0 Å². The highest BCUT2D eigenvalue weighted by Crippen LogP contribution is 2.18. The molecular weight excluding hydrogens is 406 g/mol. The number of halogens is 1. The van der Waals surface area contributed by atoms with Crippen molar-refractivity contribution >= 4 is 43.8 Å². The van der Waals surface area contributed by atoms with Crippen LogP contribution in [0.1, 0.15) is 11.1 Å². The largest absolute Gasteiger partial charge is 0.271 e. The lowest BCUT2D eigenvalue weighted by Gasteiger charge is -2.21. The van der Waals surface area contributed by atoms with Crippen LogP contribution in [0.25, 0.3) is 0 Å². The summed E-state index contributed by atoms with van der Waals surface area (Å²) in [6, 6.07) is 14.3. The van der Waals surface area contributed by atoms with E-state index in [0.717, 1.165) is 26.2 Å². The first kappa shape index (κ1) is 19.1. The van der Waals surface area contributed by atoms with Gasteiger partial charge in [0.15, 0.2) is 0 Å². The minimum Gasteiger partial charge on any atom is -0.271 e. The summed E-state index contributed by atoms with van der Waals surface area (Å²) in [7, 11) is -3.60. The first-order chi connectivity index (χ1) is 11.8. The zero-order chi connectivity index (χ0) is 18.4. The Morgan fingerprint density at radius 1 is 1.24 bits per heavy atom. The number of anilines is 1. The fourth-order valence-electron chi connectivity index (χ4n) is 2.11. The number of carbonyl (C=O) groups is 1. The number of aryl methyl sites for hydroxylation is 1. The van der Waals surface area contributed by atoms with E-state index in [4.69, 9.17) is 0 Å². The molecule has 132 valence electrons. The van der Waals surface area contributed by atoms with Gasteiger partial charge in [-0.05, 0) is 42.3 Å². The van der Waals surface area contributed by atoms with Crippen molar-refractivity contribution < 1.29 is 13.2 Å². The Labute approximate surface area is 155 Å². The summed E-state index contributed by atoms with van der Waals surface area (Å²) in [6.07, 6.45) is 2.55. The van der Waals surface area contributed by atoms with E-state index in [9.17, 15) is 13.2 Å². The lowest BCUT2D eigenvalue weighted by molar-refractivity contribution is -0.119. The van der Waals surface area contributed by atoms with Crippen molar-refractivity contribution in [1.82, 2.24) is 5.43 Å². The molecule has 0 saturated heterocycles. The highest BCUT2D eigenvalue weighted by molar-refractivity contribution is 9.10. The molecule has 0 spiro atoms. The molecule has 0 bridgehead atoms. The Bertz CT molecular complexity index is 898. The van der Waals surface area contributed by atoms with Crippen molar-refractivity contribution in [2.24, 2.45) is 5.10 Å². The zero-order valence-corrected chi connectivity index (χ0v) is 16.2. The molecule has 0 atom stereocenters. The van der Waals surface area contributed by atoms with Crippen LogP contribution < -0.4 is 9.73 Å². The van der Waals surface area contributed by atoms with E-state index in [1.807, 2.05) is 37.3 Å². The fraction of sp³-hybridized carbons (Fsp3) is 0.176. The van der Waals surface area contributed by atoms with Gasteiger partial charge in [0, 0.05) is 4.47 Å². The van der Waals surface area contributed by atoms with Gasteiger partial charge in [-0.3, -0.25) is 9.10 Å². The van der Waals surface area contributed by atoms with E-state index in [-0.39, 0.29) is 6.54 Å².